The second kappa shape index (κ2) is 8.22. The van der Waals surface area contributed by atoms with Gasteiger partial charge in [-0.1, -0.05) is 62.4 Å². The van der Waals surface area contributed by atoms with Crippen molar-refractivity contribution in [3.8, 4) is 11.1 Å². The Kier molecular flexibility index (Phi) is 5.90. The van der Waals surface area contributed by atoms with E-state index in [1.54, 1.807) is 0 Å². The summed E-state index contributed by atoms with van der Waals surface area (Å²) in [4.78, 5) is 15.0. The molecule has 0 radical (unpaired) electrons. The molecule has 0 aliphatic carbocycles. The van der Waals surface area contributed by atoms with Gasteiger partial charge in [0, 0.05) is 41.6 Å². The van der Waals surface area contributed by atoms with Crippen LogP contribution in [0.15, 0.2) is 90.9 Å². The topological polar surface area (TPSA) is 24.2 Å². The summed E-state index contributed by atoms with van der Waals surface area (Å²) in [7, 11) is 2.04. The van der Waals surface area contributed by atoms with Gasteiger partial charge in [0.1, 0.15) is 0 Å². The molecule has 148 valence electrons. The monoisotopic (exact) mass is 404 g/mol. The molecule has 2 aromatic carbocycles. The summed E-state index contributed by atoms with van der Waals surface area (Å²) in [5.41, 5.74) is 5.54. The minimum absolute atomic E-state index is 0. The van der Waals surface area contributed by atoms with Crippen LogP contribution in [-0.4, -0.2) is 12.8 Å². The Bertz CT molecular complexity index is 1060. The van der Waals surface area contributed by atoms with Gasteiger partial charge in [0.25, 0.3) is 0 Å². The van der Waals surface area contributed by atoms with E-state index in [2.05, 4.69) is 55.1 Å². The highest BCUT2D eigenvalue weighted by Gasteiger charge is 2.38. The van der Waals surface area contributed by atoms with E-state index in [1.807, 2.05) is 60.4 Å². The average Bonchev–Trinajstić information content (AvgIpc) is 2.90. The lowest BCUT2D eigenvalue weighted by Gasteiger charge is -2.23. The van der Waals surface area contributed by atoms with Crippen molar-refractivity contribution in [3.63, 3.8) is 0 Å². The zero-order valence-electron chi connectivity index (χ0n) is 17.0. The molecule has 0 unspecified atom stereocenters. The fourth-order valence-electron chi connectivity index (χ4n) is 4.06. The van der Waals surface area contributed by atoms with Gasteiger partial charge in [0.15, 0.2) is 12.4 Å². The van der Waals surface area contributed by atoms with Gasteiger partial charge in [-0.2, -0.15) is 4.57 Å². The number of nitrogens with zero attached hydrogens (tertiary/aromatic N) is 2. The van der Waals surface area contributed by atoms with E-state index in [4.69, 9.17) is 0 Å². The standard InChI is InChI=1S/C25H25N2O.ClH/c1-25(2)22-13-7-8-14-23(22)26(3)24(25)16-21(28)18-27-15-9-12-20(17-27)19-10-5-4-6-11-19;/h4-17H,18H2,1-3H3;1H/q+1;/p-1/b24-16-;. The summed E-state index contributed by atoms with van der Waals surface area (Å²) < 4.78 is 1.96. The number of hydrogen-bond acceptors (Lipinski definition) is 2. The molecule has 0 bridgehead atoms. The molecule has 3 aromatic rings. The Morgan fingerprint density at radius 3 is 2.34 bits per heavy atom. The lowest BCUT2D eigenvalue weighted by Crippen LogP contribution is -3.00. The van der Waals surface area contributed by atoms with Crippen molar-refractivity contribution in [1.29, 1.82) is 0 Å². The molecule has 0 atom stereocenters. The van der Waals surface area contributed by atoms with Crippen LogP contribution in [0.4, 0.5) is 5.69 Å². The number of likely N-dealkylation sites (N-methyl/N-ethyl adjacent to an activating group) is 1. The first-order chi connectivity index (χ1) is 13.5. The maximum atomic E-state index is 12.9. The molecule has 0 saturated carbocycles. The number of ketones is 1. The smallest absolute Gasteiger partial charge is 0.222 e. The van der Waals surface area contributed by atoms with Crippen molar-refractivity contribution in [1.82, 2.24) is 0 Å². The van der Waals surface area contributed by atoms with Crippen LogP contribution in [0.1, 0.15) is 19.4 Å². The van der Waals surface area contributed by atoms with E-state index < -0.39 is 0 Å². The number of halogens is 1. The van der Waals surface area contributed by atoms with Crippen LogP contribution in [0, 0.1) is 0 Å². The zero-order chi connectivity index (χ0) is 19.7. The number of rotatable bonds is 4. The Morgan fingerprint density at radius 1 is 0.966 bits per heavy atom. The Morgan fingerprint density at radius 2 is 1.62 bits per heavy atom. The lowest BCUT2D eigenvalue weighted by molar-refractivity contribution is -0.683. The highest BCUT2D eigenvalue weighted by Crippen LogP contribution is 2.46. The molecule has 0 amide bonds. The van der Waals surface area contributed by atoms with Crippen LogP contribution in [0.2, 0.25) is 0 Å². The van der Waals surface area contributed by atoms with E-state index in [0.717, 1.165) is 16.8 Å². The van der Waals surface area contributed by atoms with Crippen molar-refractivity contribution in [2.75, 3.05) is 11.9 Å². The maximum absolute atomic E-state index is 12.9. The average molecular weight is 405 g/mol. The van der Waals surface area contributed by atoms with Crippen LogP contribution >= 0.6 is 0 Å². The summed E-state index contributed by atoms with van der Waals surface area (Å²) >= 11 is 0. The SMILES string of the molecule is CN1/C(=C\C(=O)C[n+]2cccc(-c3ccccc3)c2)C(C)(C)c2ccccc21.[Cl-]. The number of anilines is 1. The first-order valence-corrected chi connectivity index (χ1v) is 9.59. The molecule has 4 rings (SSSR count). The first-order valence-electron chi connectivity index (χ1n) is 9.59. The van der Waals surface area contributed by atoms with Crippen molar-refractivity contribution in [2.45, 2.75) is 25.8 Å². The second-order valence-electron chi connectivity index (χ2n) is 7.83. The molecule has 0 N–H and O–H groups in total. The van der Waals surface area contributed by atoms with Crippen LogP contribution in [-0.2, 0) is 16.8 Å². The summed E-state index contributed by atoms with van der Waals surface area (Å²) in [5, 5.41) is 0. The van der Waals surface area contributed by atoms with Gasteiger partial charge < -0.3 is 17.3 Å². The molecule has 2 heterocycles. The van der Waals surface area contributed by atoms with E-state index in [0.29, 0.717) is 6.54 Å². The molecule has 0 saturated heterocycles. The maximum Gasteiger partial charge on any atom is 0.222 e. The third-order valence-electron chi connectivity index (χ3n) is 5.54. The molecule has 1 aliphatic heterocycles. The van der Waals surface area contributed by atoms with Crippen molar-refractivity contribution < 1.29 is 21.8 Å². The fraction of sp³-hybridized carbons (Fsp3) is 0.200. The predicted molar refractivity (Wildman–Crippen MR) is 113 cm³/mol. The minimum Gasteiger partial charge on any atom is -1.00 e. The highest BCUT2D eigenvalue weighted by atomic mass is 35.5. The summed E-state index contributed by atoms with van der Waals surface area (Å²) in [6, 6.07) is 22.6. The number of fused-ring (bicyclic) bond motifs is 1. The molecule has 3 nitrogen and oxygen atoms in total. The first kappa shape index (κ1) is 20.8. The van der Waals surface area contributed by atoms with Crippen molar-refractivity contribution in [3.05, 3.63) is 96.5 Å². The van der Waals surface area contributed by atoms with Crippen LogP contribution in [0.5, 0.6) is 0 Å². The third-order valence-corrected chi connectivity index (χ3v) is 5.54. The van der Waals surface area contributed by atoms with E-state index in [1.165, 1.54) is 11.3 Å². The minimum atomic E-state index is -0.183. The molecule has 0 fully saturated rings. The Hall–Kier alpha value is -2.91. The predicted octanol–water partition coefficient (Wildman–Crippen LogP) is 1.53. The Balaban J connectivity index is 0.00000240. The van der Waals surface area contributed by atoms with Gasteiger partial charge in [-0.3, -0.25) is 4.79 Å². The number of allylic oxidation sites excluding steroid dienone is 2. The van der Waals surface area contributed by atoms with Crippen LogP contribution in [0.3, 0.4) is 0 Å². The Labute approximate surface area is 178 Å². The van der Waals surface area contributed by atoms with Gasteiger partial charge in [-0.25, -0.2) is 0 Å². The molecular formula is C25H25ClN2O. The van der Waals surface area contributed by atoms with E-state index in [9.17, 15) is 4.79 Å². The summed E-state index contributed by atoms with van der Waals surface area (Å²) in [6.45, 7) is 4.68. The zero-order valence-corrected chi connectivity index (χ0v) is 17.7. The third kappa shape index (κ3) is 3.96. The molecule has 1 aliphatic rings. The van der Waals surface area contributed by atoms with Gasteiger partial charge >= 0.3 is 0 Å². The highest BCUT2D eigenvalue weighted by molar-refractivity contribution is 5.91. The number of aromatic nitrogens is 1. The molecule has 1 aromatic heterocycles. The fourth-order valence-corrected chi connectivity index (χ4v) is 4.06. The lowest BCUT2D eigenvalue weighted by atomic mass is 9.83. The van der Waals surface area contributed by atoms with E-state index >= 15 is 0 Å². The summed E-state index contributed by atoms with van der Waals surface area (Å²) in [6.07, 6.45) is 5.79. The van der Waals surface area contributed by atoms with Gasteiger partial charge in [0.05, 0.1) is 0 Å². The number of carbonyl (C=O) groups is 1. The normalized spacial score (nSPS) is 15.7. The van der Waals surface area contributed by atoms with Gasteiger partial charge in [-0.15, -0.1) is 0 Å². The van der Waals surface area contributed by atoms with Crippen molar-refractivity contribution in [2.24, 2.45) is 0 Å². The van der Waals surface area contributed by atoms with Gasteiger partial charge in [-0.05, 0) is 23.3 Å². The number of carbonyl (C=O) groups excluding carboxylic acids is 1. The number of pyridine rings is 1. The number of para-hydroxylation sites is 1. The quantitative estimate of drug-likeness (QED) is 0.486. The van der Waals surface area contributed by atoms with Crippen molar-refractivity contribution >= 4 is 11.5 Å². The summed E-state index contributed by atoms with van der Waals surface area (Å²) in [5.74, 6) is 0.0953. The number of hydrogen-bond donors (Lipinski definition) is 0. The molecule has 4 heteroatoms. The van der Waals surface area contributed by atoms with Crippen LogP contribution in [0.25, 0.3) is 11.1 Å². The van der Waals surface area contributed by atoms with Crippen LogP contribution < -0.4 is 21.9 Å². The molecule has 29 heavy (non-hydrogen) atoms. The molecular weight excluding hydrogens is 380 g/mol. The largest absolute Gasteiger partial charge is 1.00 e. The van der Waals surface area contributed by atoms with Gasteiger partial charge in [0.2, 0.25) is 12.3 Å². The second-order valence-corrected chi connectivity index (χ2v) is 7.83. The number of benzene rings is 2. The molecule has 0 spiro atoms. The van der Waals surface area contributed by atoms with E-state index in [-0.39, 0.29) is 23.6 Å².